The van der Waals surface area contributed by atoms with Crippen LogP contribution in [0.25, 0.3) is 0 Å². The average molecular weight is 338 g/mol. The summed E-state index contributed by atoms with van der Waals surface area (Å²) in [4.78, 5) is 0. The standard InChI is InChI=1S/C23H30O2/c1-22-9-7-19-16(18(22)6-5-17(22)14-8-10-24-13-14)4-3-15-11-20-21(25-20)12-23(15,19)2/h3,8,10,13,16-21H,4-7,9,11-12H2,1-2H3/t16-,17+,18-,19-,20?,21?,22+,23-/m0/s1. The summed E-state index contributed by atoms with van der Waals surface area (Å²) in [6, 6.07) is 2.22. The summed E-state index contributed by atoms with van der Waals surface area (Å²) < 4.78 is 11.4. The van der Waals surface area contributed by atoms with E-state index in [1.54, 1.807) is 5.57 Å². The van der Waals surface area contributed by atoms with Crippen molar-refractivity contribution in [3.05, 3.63) is 35.8 Å². The smallest absolute Gasteiger partial charge is 0.0937 e. The summed E-state index contributed by atoms with van der Waals surface area (Å²) in [6.07, 6.45) is 17.1. The number of hydrogen-bond donors (Lipinski definition) is 0. The molecule has 5 aliphatic rings. The fourth-order valence-electron chi connectivity index (χ4n) is 7.95. The summed E-state index contributed by atoms with van der Waals surface area (Å²) in [5.74, 6) is 3.37. The second-order valence-electron chi connectivity index (χ2n) is 10.1. The molecule has 0 radical (unpaired) electrons. The Balaban J connectivity index is 1.35. The van der Waals surface area contributed by atoms with Crippen LogP contribution in [0.2, 0.25) is 0 Å². The Bertz CT molecular complexity index is 718. The second kappa shape index (κ2) is 4.82. The van der Waals surface area contributed by atoms with Gasteiger partial charge in [-0.15, -0.1) is 0 Å². The first kappa shape index (κ1) is 15.1. The number of ether oxygens (including phenoxy) is 1. The van der Waals surface area contributed by atoms with Crippen LogP contribution in [0.1, 0.15) is 70.3 Å². The zero-order valence-electron chi connectivity index (χ0n) is 15.5. The summed E-state index contributed by atoms with van der Waals surface area (Å²) >= 11 is 0. The molecular weight excluding hydrogens is 308 g/mol. The van der Waals surface area contributed by atoms with Crippen molar-refractivity contribution < 1.29 is 9.15 Å². The van der Waals surface area contributed by atoms with Crippen LogP contribution < -0.4 is 0 Å². The Labute approximate surface area is 151 Å². The van der Waals surface area contributed by atoms with Crippen molar-refractivity contribution in [2.45, 2.75) is 76.9 Å². The first-order valence-electron chi connectivity index (χ1n) is 10.5. The quantitative estimate of drug-likeness (QED) is 0.484. The van der Waals surface area contributed by atoms with E-state index in [9.17, 15) is 0 Å². The molecule has 0 amide bonds. The molecule has 1 aromatic rings. The van der Waals surface area contributed by atoms with Crippen LogP contribution in [-0.4, -0.2) is 12.2 Å². The third-order valence-electron chi connectivity index (χ3n) is 9.30. The highest BCUT2D eigenvalue weighted by atomic mass is 16.6. The van der Waals surface area contributed by atoms with E-state index in [2.05, 4.69) is 26.0 Å². The van der Waals surface area contributed by atoms with E-state index in [-0.39, 0.29) is 0 Å². The predicted octanol–water partition coefficient (Wildman–Crippen LogP) is 5.70. The number of epoxide rings is 1. The molecule has 1 saturated heterocycles. The topological polar surface area (TPSA) is 25.7 Å². The zero-order chi connectivity index (χ0) is 16.8. The van der Waals surface area contributed by atoms with Gasteiger partial charge in [0.15, 0.2) is 0 Å². The van der Waals surface area contributed by atoms with Gasteiger partial charge < -0.3 is 9.15 Å². The molecule has 1 aromatic heterocycles. The molecule has 1 aliphatic heterocycles. The van der Waals surface area contributed by atoms with Gasteiger partial charge in [-0.1, -0.05) is 25.5 Å². The maximum absolute atomic E-state index is 5.94. The van der Waals surface area contributed by atoms with Crippen LogP contribution in [0.3, 0.4) is 0 Å². The zero-order valence-corrected chi connectivity index (χ0v) is 15.5. The van der Waals surface area contributed by atoms with E-state index in [1.165, 1.54) is 50.5 Å². The second-order valence-corrected chi connectivity index (χ2v) is 10.1. The van der Waals surface area contributed by atoms with E-state index < -0.39 is 0 Å². The molecule has 134 valence electrons. The third-order valence-corrected chi connectivity index (χ3v) is 9.30. The van der Waals surface area contributed by atoms with Gasteiger partial charge in [0.1, 0.15) is 0 Å². The summed E-state index contributed by atoms with van der Waals surface area (Å²) in [6.45, 7) is 5.18. The first-order valence-corrected chi connectivity index (χ1v) is 10.5. The third kappa shape index (κ3) is 1.90. The van der Waals surface area contributed by atoms with Gasteiger partial charge in [0.25, 0.3) is 0 Å². The van der Waals surface area contributed by atoms with E-state index in [0.717, 1.165) is 17.8 Å². The molecule has 2 heterocycles. The monoisotopic (exact) mass is 338 g/mol. The lowest BCUT2D eigenvalue weighted by atomic mass is 9.47. The minimum absolute atomic E-state index is 0.426. The fraction of sp³-hybridized carbons (Fsp3) is 0.739. The fourth-order valence-corrected chi connectivity index (χ4v) is 7.95. The molecule has 2 heteroatoms. The Morgan fingerprint density at radius 2 is 2.00 bits per heavy atom. The van der Waals surface area contributed by atoms with Gasteiger partial charge in [0.2, 0.25) is 0 Å². The largest absolute Gasteiger partial charge is 0.472 e. The lowest BCUT2D eigenvalue weighted by Crippen LogP contribution is -2.49. The molecule has 2 unspecified atom stereocenters. The van der Waals surface area contributed by atoms with E-state index in [1.807, 2.05) is 12.5 Å². The molecular formula is C23H30O2. The number of fused-ring (bicyclic) bond motifs is 6. The Hall–Kier alpha value is -1.02. The predicted molar refractivity (Wildman–Crippen MR) is 97.2 cm³/mol. The maximum atomic E-state index is 5.94. The van der Waals surface area contributed by atoms with Crippen LogP contribution in [0.4, 0.5) is 0 Å². The minimum atomic E-state index is 0.426. The van der Waals surface area contributed by atoms with Crippen LogP contribution in [0, 0.1) is 28.6 Å². The molecule has 0 spiro atoms. The van der Waals surface area contributed by atoms with Gasteiger partial charge >= 0.3 is 0 Å². The highest BCUT2D eigenvalue weighted by Gasteiger charge is 2.61. The van der Waals surface area contributed by atoms with E-state index in [0.29, 0.717) is 29.0 Å². The molecule has 0 N–H and O–H groups in total. The Kier molecular flexibility index (Phi) is 2.91. The molecule has 2 nitrogen and oxygen atoms in total. The van der Waals surface area contributed by atoms with Crippen molar-refractivity contribution in [2.75, 3.05) is 0 Å². The number of rotatable bonds is 1. The van der Waals surface area contributed by atoms with Gasteiger partial charge in [-0.3, -0.25) is 0 Å². The summed E-state index contributed by atoms with van der Waals surface area (Å²) in [5.41, 5.74) is 4.10. The van der Waals surface area contributed by atoms with Gasteiger partial charge in [-0.25, -0.2) is 0 Å². The van der Waals surface area contributed by atoms with Crippen LogP contribution in [0.15, 0.2) is 34.7 Å². The maximum Gasteiger partial charge on any atom is 0.0937 e. The van der Waals surface area contributed by atoms with Crippen molar-refractivity contribution in [3.63, 3.8) is 0 Å². The molecule has 0 bridgehead atoms. The lowest BCUT2D eigenvalue weighted by molar-refractivity contribution is -0.0293. The van der Waals surface area contributed by atoms with Crippen molar-refractivity contribution >= 4 is 0 Å². The Morgan fingerprint density at radius 1 is 1.08 bits per heavy atom. The number of furan rings is 1. The van der Waals surface area contributed by atoms with Crippen LogP contribution in [0.5, 0.6) is 0 Å². The van der Waals surface area contributed by atoms with Gasteiger partial charge in [0, 0.05) is 0 Å². The minimum Gasteiger partial charge on any atom is -0.472 e. The molecule has 0 aromatic carbocycles. The molecule has 25 heavy (non-hydrogen) atoms. The van der Waals surface area contributed by atoms with E-state index in [4.69, 9.17) is 9.15 Å². The lowest BCUT2D eigenvalue weighted by Gasteiger charge is -2.57. The summed E-state index contributed by atoms with van der Waals surface area (Å²) in [7, 11) is 0. The van der Waals surface area contributed by atoms with Gasteiger partial charge in [-0.2, -0.15) is 0 Å². The van der Waals surface area contributed by atoms with E-state index >= 15 is 0 Å². The van der Waals surface area contributed by atoms with Gasteiger partial charge in [0.05, 0.1) is 24.7 Å². The molecule has 8 atom stereocenters. The Morgan fingerprint density at radius 3 is 2.84 bits per heavy atom. The van der Waals surface area contributed by atoms with Crippen LogP contribution in [-0.2, 0) is 4.74 Å². The molecule has 4 aliphatic carbocycles. The highest BCUT2D eigenvalue weighted by Crippen LogP contribution is 2.68. The SMILES string of the molecule is C[C@]12CC[C@H]3[C@@H](CC=C4CC5OC5C[C@@]43C)[C@@H]1CC[C@@H]2c1ccoc1. The van der Waals surface area contributed by atoms with Gasteiger partial charge in [-0.05, 0) is 91.1 Å². The van der Waals surface area contributed by atoms with Crippen molar-refractivity contribution in [1.29, 1.82) is 0 Å². The first-order chi connectivity index (χ1) is 12.1. The van der Waals surface area contributed by atoms with Crippen molar-refractivity contribution in [3.8, 4) is 0 Å². The highest BCUT2D eigenvalue weighted by molar-refractivity contribution is 5.30. The van der Waals surface area contributed by atoms with Crippen LogP contribution >= 0.6 is 0 Å². The molecule has 6 rings (SSSR count). The number of allylic oxidation sites excluding steroid dienone is 1. The molecule has 3 saturated carbocycles. The molecule has 4 fully saturated rings. The number of hydrogen-bond acceptors (Lipinski definition) is 2. The summed E-state index contributed by atoms with van der Waals surface area (Å²) in [5, 5.41) is 0. The van der Waals surface area contributed by atoms with Crippen molar-refractivity contribution in [2.24, 2.45) is 28.6 Å². The average Bonchev–Trinajstić information content (AvgIpc) is 2.98. The normalized spacial score (nSPS) is 53.3. The van der Waals surface area contributed by atoms with Crippen molar-refractivity contribution in [1.82, 2.24) is 0 Å².